The smallest absolute Gasteiger partial charge is 0.183 e. The summed E-state index contributed by atoms with van der Waals surface area (Å²) in [6.45, 7) is 7.73. The third-order valence-electron chi connectivity index (χ3n) is 1.84. The minimum atomic E-state index is 0.249. The molecular weight excluding hydrogens is 176 g/mol. The maximum absolute atomic E-state index is 8.85. The number of hydrogen-bond acceptors (Lipinski definition) is 4. The van der Waals surface area contributed by atoms with Crippen molar-refractivity contribution in [1.29, 1.82) is 5.26 Å². The molecule has 0 saturated heterocycles. The van der Waals surface area contributed by atoms with Gasteiger partial charge >= 0.3 is 0 Å². The second kappa shape index (κ2) is 4.05. The molecule has 0 radical (unpaired) electrons. The van der Waals surface area contributed by atoms with Gasteiger partial charge in [0.2, 0.25) is 0 Å². The van der Waals surface area contributed by atoms with E-state index in [2.05, 4.69) is 15.3 Å². The standard InChI is InChI=1S/C10H14N4/c1-6(2)12-10-9(5-11)13-7(3)8(4)14-10/h6H,1-4H3,(H,12,14). The predicted octanol–water partition coefficient (Wildman–Crippen LogP) is 1.79. The van der Waals surface area contributed by atoms with Crippen LogP contribution in [0.3, 0.4) is 0 Å². The number of aromatic nitrogens is 2. The normalized spacial score (nSPS) is 10.0. The number of hydrogen-bond donors (Lipinski definition) is 1. The van der Waals surface area contributed by atoms with Crippen LogP contribution in [0.25, 0.3) is 0 Å². The Hall–Kier alpha value is -1.63. The van der Waals surface area contributed by atoms with Gasteiger partial charge in [-0.15, -0.1) is 0 Å². The summed E-state index contributed by atoms with van der Waals surface area (Å²) in [4.78, 5) is 8.45. The Balaban J connectivity index is 3.15. The van der Waals surface area contributed by atoms with E-state index in [1.54, 1.807) is 0 Å². The van der Waals surface area contributed by atoms with Crippen molar-refractivity contribution in [3.63, 3.8) is 0 Å². The van der Waals surface area contributed by atoms with Crippen LogP contribution in [0, 0.1) is 25.2 Å². The molecule has 4 heteroatoms. The summed E-state index contributed by atoms with van der Waals surface area (Å²) in [7, 11) is 0. The lowest BCUT2D eigenvalue weighted by atomic mass is 10.3. The topological polar surface area (TPSA) is 61.6 Å². The highest BCUT2D eigenvalue weighted by Crippen LogP contribution is 2.12. The first-order chi connectivity index (χ1) is 6.54. The molecule has 74 valence electrons. The van der Waals surface area contributed by atoms with Gasteiger partial charge in [-0.2, -0.15) is 5.26 Å². The monoisotopic (exact) mass is 190 g/mol. The van der Waals surface area contributed by atoms with E-state index in [0.29, 0.717) is 11.5 Å². The molecule has 0 unspecified atom stereocenters. The van der Waals surface area contributed by atoms with Crippen LogP contribution in [0.5, 0.6) is 0 Å². The minimum Gasteiger partial charge on any atom is -0.365 e. The SMILES string of the molecule is Cc1nc(C#N)c(NC(C)C)nc1C. The number of nitriles is 1. The Morgan fingerprint density at radius 2 is 1.79 bits per heavy atom. The van der Waals surface area contributed by atoms with E-state index >= 15 is 0 Å². The fourth-order valence-corrected chi connectivity index (χ4v) is 1.06. The van der Waals surface area contributed by atoms with Crippen molar-refractivity contribution in [3.8, 4) is 6.07 Å². The number of anilines is 1. The molecule has 1 aromatic rings. The molecule has 1 rings (SSSR count). The molecular formula is C10H14N4. The highest BCUT2D eigenvalue weighted by Gasteiger charge is 2.08. The van der Waals surface area contributed by atoms with Gasteiger partial charge in [0, 0.05) is 6.04 Å². The number of aryl methyl sites for hydroxylation is 2. The zero-order chi connectivity index (χ0) is 10.7. The Kier molecular flexibility index (Phi) is 3.03. The van der Waals surface area contributed by atoms with Crippen molar-refractivity contribution < 1.29 is 0 Å². The van der Waals surface area contributed by atoms with Crippen molar-refractivity contribution in [2.24, 2.45) is 0 Å². The van der Waals surface area contributed by atoms with E-state index < -0.39 is 0 Å². The summed E-state index contributed by atoms with van der Waals surface area (Å²) in [6.07, 6.45) is 0. The number of nitrogens with one attached hydrogen (secondary N) is 1. The Labute approximate surface area is 84.0 Å². The lowest BCUT2D eigenvalue weighted by molar-refractivity contribution is 0.875. The fraction of sp³-hybridized carbons (Fsp3) is 0.500. The number of rotatable bonds is 2. The van der Waals surface area contributed by atoms with Gasteiger partial charge in [-0.1, -0.05) is 0 Å². The second-order valence-corrected chi connectivity index (χ2v) is 3.50. The third-order valence-corrected chi connectivity index (χ3v) is 1.84. The van der Waals surface area contributed by atoms with Crippen molar-refractivity contribution in [2.45, 2.75) is 33.7 Å². The van der Waals surface area contributed by atoms with Crippen LogP contribution in [0.1, 0.15) is 30.9 Å². The van der Waals surface area contributed by atoms with Crippen LogP contribution in [0.15, 0.2) is 0 Å². The van der Waals surface area contributed by atoms with E-state index in [1.165, 1.54) is 0 Å². The van der Waals surface area contributed by atoms with Crippen LogP contribution >= 0.6 is 0 Å². The summed E-state index contributed by atoms with van der Waals surface area (Å²) in [5, 5.41) is 12.0. The van der Waals surface area contributed by atoms with Crippen molar-refractivity contribution in [2.75, 3.05) is 5.32 Å². The van der Waals surface area contributed by atoms with Gasteiger partial charge < -0.3 is 5.32 Å². The van der Waals surface area contributed by atoms with E-state index in [1.807, 2.05) is 33.8 Å². The van der Waals surface area contributed by atoms with Gasteiger partial charge in [-0.3, -0.25) is 0 Å². The van der Waals surface area contributed by atoms with Crippen molar-refractivity contribution >= 4 is 5.82 Å². The summed E-state index contributed by atoms with van der Waals surface area (Å²) in [5.41, 5.74) is 2.02. The van der Waals surface area contributed by atoms with Crippen molar-refractivity contribution in [1.82, 2.24) is 9.97 Å². The fourth-order valence-electron chi connectivity index (χ4n) is 1.06. The molecule has 0 fully saturated rings. The first-order valence-corrected chi connectivity index (χ1v) is 4.56. The molecule has 4 nitrogen and oxygen atoms in total. The molecule has 0 amide bonds. The highest BCUT2D eigenvalue weighted by molar-refractivity contribution is 5.49. The van der Waals surface area contributed by atoms with Gasteiger partial charge in [-0.25, -0.2) is 9.97 Å². The molecule has 1 heterocycles. The van der Waals surface area contributed by atoms with Gasteiger partial charge in [0.1, 0.15) is 6.07 Å². The van der Waals surface area contributed by atoms with Crippen LogP contribution in [-0.2, 0) is 0 Å². The number of nitrogens with zero attached hydrogens (tertiary/aromatic N) is 3. The van der Waals surface area contributed by atoms with E-state index in [4.69, 9.17) is 5.26 Å². The molecule has 0 saturated carbocycles. The van der Waals surface area contributed by atoms with Gasteiger partial charge in [0.15, 0.2) is 11.5 Å². The molecule has 1 N–H and O–H groups in total. The van der Waals surface area contributed by atoms with E-state index in [-0.39, 0.29) is 6.04 Å². The van der Waals surface area contributed by atoms with Crippen LogP contribution in [0.4, 0.5) is 5.82 Å². The minimum absolute atomic E-state index is 0.249. The summed E-state index contributed by atoms with van der Waals surface area (Å²) in [5.74, 6) is 0.575. The summed E-state index contributed by atoms with van der Waals surface area (Å²) in [6, 6.07) is 2.28. The predicted molar refractivity (Wildman–Crippen MR) is 55.0 cm³/mol. The lowest BCUT2D eigenvalue weighted by Crippen LogP contribution is -2.14. The van der Waals surface area contributed by atoms with Crippen LogP contribution in [-0.4, -0.2) is 16.0 Å². The third kappa shape index (κ3) is 2.19. The maximum atomic E-state index is 8.85. The highest BCUT2D eigenvalue weighted by atomic mass is 15.0. The van der Waals surface area contributed by atoms with Crippen LogP contribution < -0.4 is 5.32 Å². The zero-order valence-electron chi connectivity index (χ0n) is 8.92. The van der Waals surface area contributed by atoms with E-state index in [0.717, 1.165) is 11.4 Å². The van der Waals surface area contributed by atoms with Gasteiger partial charge in [0.25, 0.3) is 0 Å². The molecule has 0 aliphatic carbocycles. The maximum Gasteiger partial charge on any atom is 0.183 e. The Morgan fingerprint density at radius 1 is 1.21 bits per heavy atom. The Bertz CT molecular complexity index is 376. The molecule has 0 atom stereocenters. The van der Waals surface area contributed by atoms with Gasteiger partial charge in [-0.05, 0) is 27.7 Å². The molecule has 0 aliphatic rings. The van der Waals surface area contributed by atoms with E-state index in [9.17, 15) is 0 Å². The molecule has 0 aromatic carbocycles. The van der Waals surface area contributed by atoms with Gasteiger partial charge in [0.05, 0.1) is 11.4 Å². The van der Waals surface area contributed by atoms with Crippen molar-refractivity contribution in [3.05, 3.63) is 17.1 Å². The Morgan fingerprint density at radius 3 is 2.29 bits per heavy atom. The molecule has 14 heavy (non-hydrogen) atoms. The average Bonchev–Trinajstić information content (AvgIpc) is 2.10. The molecule has 1 aromatic heterocycles. The first-order valence-electron chi connectivity index (χ1n) is 4.56. The summed E-state index contributed by atoms with van der Waals surface area (Å²) >= 11 is 0. The molecule has 0 spiro atoms. The molecule has 0 aliphatic heterocycles. The summed E-state index contributed by atoms with van der Waals surface area (Å²) < 4.78 is 0. The first kappa shape index (κ1) is 10.5. The second-order valence-electron chi connectivity index (χ2n) is 3.50. The van der Waals surface area contributed by atoms with Crippen LogP contribution in [0.2, 0.25) is 0 Å². The largest absolute Gasteiger partial charge is 0.365 e. The lowest BCUT2D eigenvalue weighted by Gasteiger charge is -2.11. The molecule has 0 bridgehead atoms. The zero-order valence-corrected chi connectivity index (χ0v) is 8.92. The quantitative estimate of drug-likeness (QED) is 0.772. The average molecular weight is 190 g/mol.